The number of carbonyl (C=O) groups excluding carboxylic acids is 1. The zero-order valence-corrected chi connectivity index (χ0v) is 13.6. The number of likely N-dealkylation sites (tertiary alicyclic amines) is 1. The van der Waals surface area contributed by atoms with Crippen LogP contribution in [0.3, 0.4) is 0 Å². The van der Waals surface area contributed by atoms with Crippen LogP contribution in [-0.4, -0.2) is 44.3 Å². The molecule has 2 heterocycles. The maximum absolute atomic E-state index is 12.8. The second kappa shape index (κ2) is 6.94. The van der Waals surface area contributed by atoms with Crippen LogP contribution in [0.25, 0.3) is 0 Å². The molecule has 0 spiro atoms. The number of rotatable bonds is 6. The van der Waals surface area contributed by atoms with Gasteiger partial charge in [-0.3, -0.25) is 14.3 Å². The fraction of sp³-hybridized carbons (Fsp3) is 0.688. The first kappa shape index (κ1) is 16.5. The van der Waals surface area contributed by atoms with E-state index in [2.05, 4.69) is 18.9 Å². The minimum absolute atomic E-state index is 0.0212. The third kappa shape index (κ3) is 3.48. The lowest BCUT2D eigenvalue weighted by Crippen LogP contribution is -2.37. The fourth-order valence-electron chi connectivity index (χ4n) is 3.14. The van der Waals surface area contributed by atoms with Gasteiger partial charge in [-0.2, -0.15) is 5.10 Å². The number of hydrogen-bond acceptors (Lipinski definition) is 3. The van der Waals surface area contributed by atoms with Crippen molar-refractivity contribution in [1.82, 2.24) is 14.7 Å². The molecule has 1 atom stereocenters. The average Bonchev–Trinajstić information content (AvgIpc) is 3.03. The summed E-state index contributed by atoms with van der Waals surface area (Å²) in [7, 11) is 0. The van der Waals surface area contributed by atoms with E-state index in [0.29, 0.717) is 18.0 Å². The molecule has 6 heteroatoms. The minimum atomic E-state index is -0.851. The molecule has 1 amide bonds. The molecule has 122 valence electrons. The summed E-state index contributed by atoms with van der Waals surface area (Å²) in [6, 6.07) is -0.192. The Morgan fingerprint density at radius 1 is 1.45 bits per heavy atom. The molecule has 6 nitrogen and oxygen atoms in total. The van der Waals surface area contributed by atoms with Crippen LogP contribution < -0.4 is 0 Å². The standard InChI is InChI=1S/C16H25N3O3/c1-4-14-13(9-17-19(14)10-11(2)3)16(22)18-7-5-6-12(18)8-15(20)21/h9,11-12H,4-8,10H2,1-3H3,(H,20,21). The monoisotopic (exact) mass is 307 g/mol. The van der Waals surface area contributed by atoms with Crippen molar-refractivity contribution in [1.29, 1.82) is 0 Å². The van der Waals surface area contributed by atoms with Crippen LogP contribution in [0, 0.1) is 5.92 Å². The lowest BCUT2D eigenvalue weighted by Gasteiger charge is -2.23. The molecule has 1 fully saturated rings. The number of hydrogen-bond donors (Lipinski definition) is 1. The van der Waals surface area contributed by atoms with Crippen LogP contribution >= 0.6 is 0 Å². The first-order valence-electron chi connectivity index (χ1n) is 8.01. The Balaban J connectivity index is 2.21. The average molecular weight is 307 g/mol. The summed E-state index contributed by atoms with van der Waals surface area (Å²) in [4.78, 5) is 25.5. The second-order valence-corrected chi connectivity index (χ2v) is 6.33. The molecular formula is C16H25N3O3. The molecule has 1 aromatic rings. The summed E-state index contributed by atoms with van der Waals surface area (Å²) >= 11 is 0. The molecule has 0 aliphatic carbocycles. The zero-order valence-electron chi connectivity index (χ0n) is 13.6. The van der Waals surface area contributed by atoms with E-state index in [1.807, 2.05) is 11.6 Å². The van der Waals surface area contributed by atoms with Crippen LogP contribution in [-0.2, 0) is 17.8 Å². The van der Waals surface area contributed by atoms with Gasteiger partial charge in [0, 0.05) is 19.1 Å². The normalized spacial score (nSPS) is 18.2. The summed E-state index contributed by atoms with van der Waals surface area (Å²) in [5, 5.41) is 13.4. The molecule has 22 heavy (non-hydrogen) atoms. The SMILES string of the molecule is CCc1c(C(=O)N2CCCC2CC(=O)O)cnn1CC(C)C. The first-order valence-corrected chi connectivity index (χ1v) is 8.01. The predicted octanol–water partition coefficient (Wildman–Crippen LogP) is 2.18. The van der Waals surface area contributed by atoms with E-state index >= 15 is 0 Å². The van der Waals surface area contributed by atoms with Crippen molar-refractivity contribution in [2.45, 2.75) is 59.0 Å². The fourth-order valence-corrected chi connectivity index (χ4v) is 3.14. The number of carboxylic acids is 1. The van der Waals surface area contributed by atoms with Gasteiger partial charge in [-0.05, 0) is 25.2 Å². The second-order valence-electron chi connectivity index (χ2n) is 6.33. The van der Waals surface area contributed by atoms with Gasteiger partial charge in [0.15, 0.2) is 0 Å². The Labute approximate surface area is 131 Å². The van der Waals surface area contributed by atoms with Crippen LogP contribution in [0.1, 0.15) is 56.1 Å². The quantitative estimate of drug-likeness (QED) is 0.874. The highest BCUT2D eigenvalue weighted by molar-refractivity contribution is 5.95. The number of aromatic nitrogens is 2. The van der Waals surface area contributed by atoms with E-state index in [1.54, 1.807) is 11.1 Å². The highest BCUT2D eigenvalue weighted by atomic mass is 16.4. The summed E-state index contributed by atoms with van der Waals surface area (Å²) in [6.07, 6.45) is 4.03. The lowest BCUT2D eigenvalue weighted by molar-refractivity contribution is -0.137. The molecule has 2 rings (SSSR count). The molecule has 0 radical (unpaired) electrons. The first-order chi connectivity index (χ1) is 10.4. The topological polar surface area (TPSA) is 75.4 Å². The van der Waals surface area contributed by atoms with Crippen molar-refractivity contribution in [3.63, 3.8) is 0 Å². The van der Waals surface area contributed by atoms with Crippen LogP contribution in [0.2, 0.25) is 0 Å². The Kier molecular flexibility index (Phi) is 5.21. The van der Waals surface area contributed by atoms with Crippen molar-refractivity contribution in [3.05, 3.63) is 17.5 Å². The Bertz CT molecular complexity index is 551. The molecular weight excluding hydrogens is 282 g/mol. The van der Waals surface area contributed by atoms with Gasteiger partial charge >= 0.3 is 5.97 Å². The van der Waals surface area contributed by atoms with Crippen LogP contribution in [0.4, 0.5) is 0 Å². The molecule has 0 saturated carbocycles. The summed E-state index contributed by atoms with van der Waals surface area (Å²) < 4.78 is 1.90. The molecule has 1 unspecified atom stereocenters. The number of carboxylic acid groups (broad SMARTS) is 1. The number of aliphatic carboxylic acids is 1. The maximum Gasteiger partial charge on any atom is 0.305 e. The van der Waals surface area contributed by atoms with Gasteiger partial charge in [0.1, 0.15) is 0 Å². The molecule has 0 aromatic carbocycles. The molecule has 1 aliphatic rings. The van der Waals surface area contributed by atoms with E-state index < -0.39 is 5.97 Å². The molecule has 1 N–H and O–H groups in total. The van der Waals surface area contributed by atoms with Crippen molar-refractivity contribution in [3.8, 4) is 0 Å². The third-order valence-electron chi connectivity index (χ3n) is 4.10. The van der Waals surface area contributed by atoms with Crippen LogP contribution in [0.5, 0.6) is 0 Å². The number of carbonyl (C=O) groups is 2. The van der Waals surface area contributed by atoms with Crippen molar-refractivity contribution < 1.29 is 14.7 Å². The third-order valence-corrected chi connectivity index (χ3v) is 4.10. The number of nitrogens with zero attached hydrogens (tertiary/aromatic N) is 3. The van der Waals surface area contributed by atoms with E-state index in [4.69, 9.17) is 5.11 Å². The Morgan fingerprint density at radius 2 is 2.18 bits per heavy atom. The molecule has 0 bridgehead atoms. The van der Waals surface area contributed by atoms with Crippen molar-refractivity contribution in [2.75, 3.05) is 6.54 Å². The maximum atomic E-state index is 12.8. The van der Waals surface area contributed by atoms with Gasteiger partial charge in [-0.15, -0.1) is 0 Å². The highest BCUT2D eigenvalue weighted by Crippen LogP contribution is 2.24. The number of amides is 1. The summed E-state index contributed by atoms with van der Waals surface area (Å²) in [5.74, 6) is -0.466. The van der Waals surface area contributed by atoms with Gasteiger partial charge < -0.3 is 10.0 Å². The highest BCUT2D eigenvalue weighted by Gasteiger charge is 2.32. The lowest BCUT2D eigenvalue weighted by atomic mass is 10.1. The zero-order chi connectivity index (χ0) is 16.3. The van der Waals surface area contributed by atoms with Crippen molar-refractivity contribution in [2.24, 2.45) is 5.92 Å². The van der Waals surface area contributed by atoms with Crippen molar-refractivity contribution >= 4 is 11.9 Å². The summed E-state index contributed by atoms with van der Waals surface area (Å²) in [6.45, 7) is 7.67. The smallest absolute Gasteiger partial charge is 0.305 e. The molecule has 1 saturated heterocycles. The van der Waals surface area contributed by atoms with E-state index in [9.17, 15) is 9.59 Å². The van der Waals surface area contributed by atoms with Gasteiger partial charge in [0.05, 0.1) is 23.9 Å². The molecule has 1 aromatic heterocycles. The predicted molar refractivity (Wildman–Crippen MR) is 82.8 cm³/mol. The van der Waals surface area contributed by atoms with Gasteiger partial charge in [-0.1, -0.05) is 20.8 Å². The van der Waals surface area contributed by atoms with Gasteiger partial charge in [0.2, 0.25) is 0 Å². The Morgan fingerprint density at radius 3 is 2.77 bits per heavy atom. The largest absolute Gasteiger partial charge is 0.481 e. The van der Waals surface area contributed by atoms with E-state index in [-0.39, 0.29) is 18.4 Å². The van der Waals surface area contributed by atoms with Crippen LogP contribution in [0.15, 0.2) is 6.20 Å². The molecule has 1 aliphatic heterocycles. The Hall–Kier alpha value is -1.85. The minimum Gasteiger partial charge on any atom is -0.481 e. The van der Waals surface area contributed by atoms with E-state index in [0.717, 1.165) is 31.5 Å². The van der Waals surface area contributed by atoms with Gasteiger partial charge in [-0.25, -0.2) is 0 Å². The van der Waals surface area contributed by atoms with Gasteiger partial charge in [0.25, 0.3) is 5.91 Å². The van der Waals surface area contributed by atoms with E-state index in [1.165, 1.54) is 0 Å². The summed E-state index contributed by atoms with van der Waals surface area (Å²) in [5.41, 5.74) is 1.57.